The topological polar surface area (TPSA) is 58.4 Å². The van der Waals surface area contributed by atoms with Crippen LogP contribution in [0.15, 0.2) is 30.3 Å². The maximum Gasteiger partial charge on any atom is 0.241 e. The van der Waals surface area contributed by atoms with Gasteiger partial charge in [-0.3, -0.25) is 4.79 Å². The SMILES string of the molecule is CN1CCCC(CNC(=O)C(N)c2ccccc2)C1. The van der Waals surface area contributed by atoms with Crippen molar-refractivity contribution in [2.24, 2.45) is 11.7 Å². The van der Waals surface area contributed by atoms with Gasteiger partial charge >= 0.3 is 0 Å². The number of rotatable bonds is 4. The van der Waals surface area contributed by atoms with Crippen molar-refractivity contribution in [2.45, 2.75) is 18.9 Å². The molecular weight excluding hydrogens is 238 g/mol. The molecule has 2 unspecified atom stereocenters. The number of likely N-dealkylation sites (tertiary alicyclic amines) is 1. The Morgan fingerprint density at radius 3 is 2.89 bits per heavy atom. The summed E-state index contributed by atoms with van der Waals surface area (Å²) in [5.74, 6) is 0.463. The van der Waals surface area contributed by atoms with Crippen molar-refractivity contribution in [3.63, 3.8) is 0 Å². The molecule has 4 nitrogen and oxygen atoms in total. The van der Waals surface area contributed by atoms with Gasteiger partial charge in [0.2, 0.25) is 5.91 Å². The summed E-state index contributed by atoms with van der Waals surface area (Å²) in [6.07, 6.45) is 2.40. The fraction of sp³-hybridized carbons (Fsp3) is 0.533. The standard InChI is InChI=1S/C15H23N3O/c1-18-9-5-6-12(11-18)10-17-15(19)14(16)13-7-3-2-4-8-13/h2-4,7-8,12,14H,5-6,9-11,16H2,1H3,(H,17,19). The Labute approximate surface area is 115 Å². The summed E-state index contributed by atoms with van der Waals surface area (Å²) in [6, 6.07) is 8.93. The van der Waals surface area contributed by atoms with Crippen molar-refractivity contribution in [3.05, 3.63) is 35.9 Å². The van der Waals surface area contributed by atoms with Crippen molar-refractivity contribution < 1.29 is 4.79 Å². The molecule has 0 saturated carbocycles. The van der Waals surface area contributed by atoms with E-state index in [0.717, 1.165) is 25.2 Å². The first-order valence-corrected chi connectivity index (χ1v) is 6.93. The molecule has 1 fully saturated rings. The largest absolute Gasteiger partial charge is 0.354 e. The highest BCUT2D eigenvalue weighted by Gasteiger charge is 2.20. The minimum atomic E-state index is -0.567. The molecule has 1 amide bonds. The smallest absolute Gasteiger partial charge is 0.241 e. The first kappa shape index (κ1) is 14.0. The van der Waals surface area contributed by atoms with Gasteiger partial charge in [0.05, 0.1) is 0 Å². The number of carbonyl (C=O) groups excluding carboxylic acids is 1. The molecule has 0 aliphatic carbocycles. The third-order valence-electron chi connectivity index (χ3n) is 3.73. The molecule has 19 heavy (non-hydrogen) atoms. The van der Waals surface area contributed by atoms with Crippen LogP contribution >= 0.6 is 0 Å². The number of carbonyl (C=O) groups is 1. The normalized spacial score (nSPS) is 21.9. The summed E-state index contributed by atoms with van der Waals surface area (Å²) >= 11 is 0. The minimum Gasteiger partial charge on any atom is -0.354 e. The molecular formula is C15H23N3O. The van der Waals surface area contributed by atoms with E-state index in [1.165, 1.54) is 12.8 Å². The average molecular weight is 261 g/mol. The van der Waals surface area contributed by atoms with E-state index in [0.29, 0.717) is 5.92 Å². The van der Waals surface area contributed by atoms with Crippen LogP contribution in [0, 0.1) is 5.92 Å². The van der Waals surface area contributed by atoms with E-state index in [9.17, 15) is 4.79 Å². The van der Waals surface area contributed by atoms with Crippen LogP contribution in [0.5, 0.6) is 0 Å². The van der Waals surface area contributed by atoms with Crippen LogP contribution in [0.3, 0.4) is 0 Å². The van der Waals surface area contributed by atoms with Crippen LogP contribution in [0.4, 0.5) is 0 Å². The lowest BCUT2D eigenvalue weighted by Crippen LogP contribution is -2.41. The third-order valence-corrected chi connectivity index (χ3v) is 3.73. The third kappa shape index (κ3) is 4.04. The molecule has 1 aromatic rings. The zero-order valence-electron chi connectivity index (χ0n) is 11.5. The maximum absolute atomic E-state index is 12.0. The number of nitrogens with one attached hydrogen (secondary N) is 1. The number of nitrogens with two attached hydrogens (primary N) is 1. The van der Waals surface area contributed by atoms with Gasteiger partial charge in [0.1, 0.15) is 6.04 Å². The molecule has 104 valence electrons. The van der Waals surface area contributed by atoms with Gasteiger partial charge in [-0.1, -0.05) is 30.3 Å². The molecule has 1 aromatic carbocycles. The Morgan fingerprint density at radius 2 is 2.21 bits per heavy atom. The summed E-state index contributed by atoms with van der Waals surface area (Å²) in [4.78, 5) is 14.3. The van der Waals surface area contributed by atoms with Crippen molar-refractivity contribution in [3.8, 4) is 0 Å². The van der Waals surface area contributed by atoms with Crippen LogP contribution < -0.4 is 11.1 Å². The van der Waals surface area contributed by atoms with Crippen LogP contribution in [0.25, 0.3) is 0 Å². The molecule has 4 heteroatoms. The molecule has 1 saturated heterocycles. The lowest BCUT2D eigenvalue weighted by atomic mass is 9.98. The van der Waals surface area contributed by atoms with Crippen molar-refractivity contribution in [1.29, 1.82) is 0 Å². The van der Waals surface area contributed by atoms with E-state index in [1.54, 1.807) is 0 Å². The van der Waals surface area contributed by atoms with E-state index < -0.39 is 6.04 Å². The minimum absolute atomic E-state index is 0.0839. The molecule has 0 spiro atoms. The first-order valence-electron chi connectivity index (χ1n) is 6.93. The molecule has 2 atom stereocenters. The maximum atomic E-state index is 12.0. The average Bonchev–Trinajstić information content (AvgIpc) is 2.45. The fourth-order valence-electron chi connectivity index (χ4n) is 2.61. The van der Waals surface area contributed by atoms with Crippen molar-refractivity contribution in [2.75, 3.05) is 26.7 Å². The summed E-state index contributed by atoms with van der Waals surface area (Å²) in [7, 11) is 2.13. The van der Waals surface area contributed by atoms with E-state index in [-0.39, 0.29) is 5.91 Å². The lowest BCUT2D eigenvalue weighted by molar-refractivity contribution is -0.122. The van der Waals surface area contributed by atoms with E-state index in [4.69, 9.17) is 5.73 Å². The first-order chi connectivity index (χ1) is 9.16. The van der Waals surface area contributed by atoms with Gasteiger partial charge in [-0.15, -0.1) is 0 Å². The molecule has 0 radical (unpaired) electrons. The molecule has 3 N–H and O–H groups in total. The predicted molar refractivity (Wildman–Crippen MR) is 76.6 cm³/mol. The number of amides is 1. The van der Waals surface area contributed by atoms with E-state index in [1.807, 2.05) is 30.3 Å². The number of piperidine rings is 1. The Morgan fingerprint density at radius 1 is 1.47 bits per heavy atom. The highest BCUT2D eigenvalue weighted by Crippen LogP contribution is 2.15. The van der Waals surface area contributed by atoms with Gasteiger partial charge in [-0.2, -0.15) is 0 Å². The molecule has 0 aromatic heterocycles. The zero-order valence-corrected chi connectivity index (χ0v) is 11.5. The Hall–Kier alpha value is -1.39. The molecule has 1 heterocycles. The summed E-state index contributed by atoms with van der Waals surface area (Å²) in [5, 5.41) is 2.98. The van der Waals surface area contributed by atoms with Gasteiger partial charge in [-0.25, -0.2) is 0 Å². The number of nitrogens with zero attached hydrogens (tertiary/aromatic N) is 1. The van der Waals surface area contributed by atoms with Gasteiger partial charge in [-0.05, 0) is 37.9 Å². The molecule has 1 aliphatic heterocycles. The second-order valence-corrected chi connectivity index (χ2v) is 5.40. The van der Waals surface area contributed by atoms with Crippen molar-refractivity contribution >= 4 is 5.91 Å². The van der Waals surface area contributed by atoms with Gasteiger partial charge < -0.3 is 16.0 Å². The monoisotopic (exact) mass is 261 g/mol. The van der Waals surface area contributed by atoms with Gasteiger partial charge in [0, 0.05) is 13.1 Å². The predicted octanol–water partition coefficient (Wildman–Crippen LogP) is 1.14. The zero-order chi connectivity index (χ0) is 13.7. The van der Waals surface area contributed by atoms with E-state index >= 15 is 0 Å². The fourth-order valence-corrected chi connectivity index (χ4v) is 2.61. The summed E-state index contributed by atoms with van der Waals surface area (Å²) in [6.45, 7) is 2.94. The molecule has 1 aliphatic rings. The van der Waals surface area contributed by atoms with Gasteiger partial charge in [0.15, 0.2) is 0 Å². The lowest BCUT2D eigenvalue weighted by Gasteiger charge is -2.30. The van der Waals surface area contributed by atoms with Crippen LogP contribution in [0.2, 0.25) is 0 Å². The molecule has 2 rings (SSSR count). The number of hydrogen-bond donors (Lipinski definition) is 2. The Bertz CT molecular complexity index is 407. The second kappa shape index (κ2) is 6.68. The van der Waals surface area contributed by atoms with Crippen LogP contribution in [-0.2, 0) is 4.79 Å². The van der Waals surface area contributed by atoms with Crippen LogP contribution in [-0.4, -0.2) is 37.5 Å². The van der Waals surface area contributed by atoms with Crippen LogP contribution in [0.1, 0.15) is 24.4 Å². The summed E-state index contributed by atoms with van der Waals surface area (Å²) < 4.78 is 0. The summed E-state index contributed by atoms with van der Waals surface area (Å²) in [5.41, 5.74) is 6.82. The second-order valence-electron chi connectivity index (χ2n) is 5.40. The number of hydrogen-bond acceptors (Lipinski definition) is 3. The Balaban J connectivity index is 1.81. The highest BCUT2D eigenvalue weighted by atomic mass is 16.2. The molecule has 0 bridgehead atoms. The highest BCUT2D eigenvalue weighted by molar-refractivity contribution is 5.82. The quantitative estimate of drug-likeness (QED) is 0.854. The Kier molecular flexibility index (Phi) is 4.93. The number of benzene rings is 1. The van der Waals surface area contributed by atoms with Crippen molar-refractivity contribution in [1.82, 2.24) is 10.2 Å². The van der Waals surface area contributed by atoms with Gasteiger partial charge in [0.25, 0.3) is 0 Å². The van der Waals surface area contributed by atoms with E-state index in [2.05, 4.69) is 17.3 Å².